The minimum absolute atomic E-state index is 0.239. The van der Waals surface area contributed by atoms with Gasteiger partial charge in [-0.05, 0) is 34.5 Å². The van der Waals surface area contributed by atoms with Crippen LogP contribution in [-0.2, 0) is 6.54 Å². The summed E-state index contributed by atoms with van der Waals surface area (Å²) in [6, 6.07) is 21.5. The highest BCUT2D eigenvalue weighted by Crippen LogP contribution is 2.31. The summed E-state index contributed by atoms with van der Waals surface area (Å²) in [5.74, 6) is 1.51. The monoisotopic (exact) mass is 385 g/mol. The fourth-order valence-corrected chi connectivity index (χ4v) is 3.49. The second kappa shape index (κ2) is 7.31. The molecule has 0 atom stereocenters. The lowest BCUT2D eigenvalue weighted by molar-refractivity contribution is 0.102. The third kappa shape index (κ3) is 3.52. The lowest BCUT2D eigenvalue weighted by atomic mass is 10.0. The fourth-order valence-electron chi connectivity index (χ4n) is 3.49. The molecule has 1 aliphatic heterocycles. The van der Waals surface area contributed by atoms with Crippen molar-refractivity contribution in [3.05, 3.63) is 84.1 Å². The number of hydrogen-bond acceptors (Lipinski definition) is 4. The predicted molar refractivity (Wildman–Crippen MR) is 111 cm³/mol. The van der Waals surface area contributed by atoms with Crippen molar-refractivity contribution in [1.29, 1.82) is 0 Å². The van der Waals surface area contributed by atoms with Gasteiger partial charge in [0.1, 0.15) is 13.2 Å². The normalized spacial score (nSPS) is 12.7. The number of anilines is 1. The average molecular weight is 385 g/mol. The molecule has 29 heavy (non-hydrogen) atoms. The lowest BCUT2D eigenvalue weighted by Gasteiger charge is -2.18. The van der Waals surface area contributed by atoms with E-state index < -0.39 is 0 Å². The molecule has 2 heterocycles. The van der Waals surface area contributed by atoms with E-state index in [0.717, 1.165) is 0 Å². The Morgan fingerprint density at radius 1 is 0.966 bits per heavy atom. The Morgan fingerprint density at radius 3 is 2.72 bits per heavy atom. The van der Waals surface area contributed by atoms with Crippen LogP contribution >= 0.6 is 0 Å². The van der Waals surface area contributed by atoms with Crippen LogP contribution < -0.4 is 14.8 Å². The molecule has 0 fully saturated rings. The van der Waals surface area contributed by atoms with Crippen LogP contribution in [0.1, 0.15) is 15.9 Å². The largest absolute Gasteiger partial charge is 0.486 e. The van der Waals surface area contributed by atoms with Gasteiger partial charge in [0.15, 0.2) is 17.3 Å². The van der Waals surface area contributed by atoms with Gasteiger partial charge in [-0.15, -0.1) is 0 Å². The van der Waals surface area contributed by atoms with Crippen molar-refractivity contribution in [3.63, 3.8) is 0 Å². The molecule has 1 aliphatic rings. The molecule has 3 aromatic carbocycles. The molecule has 6 nitrogen and oxygen atoms in total. The topological polar surface area (TPSA) is 65.4 Å². The predicted octanol–water partition coefficient (Wildman–Crippen LogP) is 4.11. The minimum atomic E-state index is -0.239. The summed E-state index contributed by atoms with van der Waals surface area (Å²) in [4.78, 5) is 12.6. The highest BCUT2D eigenvalue weighted by Gasteiger charge is 2.15. The number of carbonyl (C=O) groups excluding carboxylic acids is 1. The molecule has 1 amide bonds. The number of nitrogens with zero attached hydrogens (tertiary/aromatic N) is 2. The van der Waals surface area contributed by atoms with E-state index in [-0.39, 0.29) is 5.91 Å². The van der Waals surface area contributed by atoms with Crippen LogP contribution in [0.5, 0.6) is 11.5 Å². The van der Waals surface area contributed by atoms with Crippen molar-refractivity contribution < 1.29 is 14.3 Å². The molecular weight excluding hydrogens is 366 g/mol. The van der Waals surface area contributed by atoms with Crippen LogP contribution in [0.25, 0.3) is 10.8 Å². The van der Waals surface area contributed by atoms with Crippen LogP contribution in [0.4, 0.5) is 5.82 Å². The van der Waals surface area contributed by atoms with Crippen LogP contribution in [0.3, 0.4) is 0 Å². The van der Waals surface area contributed by atoms with Gasteiger partial charge >= 0.3 is 0 Å². The van der Waals surface area contributed by atoms with Gasteiger partial charge in [0.05, 0.1) is 6.54 Å². The average Bonchev–Trinajstić information content (AvgIpc) is 3.20. The van der Waals surface area contributed by atoms with E-state index in [1.165, 1.54) is 16.3 Å². The highest BCUT2D eigenvalue weighted by atomic mass is 16.6. The van der Waals surface area contributed by atoms with E-state index in [2.05, 4.69) is 34.7 Å². The molecule has 1 N–H and O–H groups in total. The van der Waals surface area contributed by atoms with Crippen molar-refractivity contribution >= 4 is 22.5 Å². The molecule has 0 spiro atoms. The van der Waals surface area contributed by atoms with Crippen molar-refractivity contribution in [2.24, 2.45) is 0 Å². The number of ether oxygens (including phenoxy) is 2. The Kier molecular flexibility index (Phi) is 4.37. The van der Waals surface area contributed by atoms with Gasteiger partial charge in [0.25, 0.3) is 5.91 Å². The van der Waals surface area contributed by atoms with Gasteiger partial charge in [-0.2, -0.15) is 5.10 Å². The number of aromatic nitrogens is 2. The molecule has 6 heteroatoms. The minimum Gasteiger partial charge on any atom is -0.486 e. The Bertz CT molecular complexity index is 1190. The van der Waals surface area contributed by atoms with E-state index in [1.807, 2.05) is 29.1 Å². The summed E-state index contributed by atoms with van der Waals surface area (Å²) >= 11 is 0. The molecule has 5 rings (SSSR count). The van der Waals surface area contributed by atoms with Crippen molar-refractivity contribution in [2.45, 2.75) is 6.54 Å². The SMILES string of the molecule is O=C(Nc1ccn(Cc2cccc3ccccc23)n1)c1ccc2c(c1)OCCO2. The van der Waals surface area contributed by atoms with Gasteiger partial charge in [-0.1, -0.05) is 42.5 Å². The second-order valence-electron chi connectivity index (χ2n) is 6.85. The summed E-state index contributed by atoms with van der Waals surface area (Å²) in [5, 5.41) is 9.73. The molecular formula is C23H19N3O3. The van der Waals surface area contributed by atoms with Crippen molar-refractivity contribution in [1.82, 2.24) is 9.78 Å². The molecule has 1 aromatic heterocycles. The molecule has 0 saturated heterocycles. The van der Waals surface area contributed by atoms with Gasteiger partial charge in [0.2, 0.25) is 0 Å². The molecule has 0 aliphatic carbocycles. The van der Waals surface area contributed by atoms with Crippen LogP contribution in [0.15, 0.2) is 72.9 Å². The molecule has 4 aromatic rings. The standard InChI is InChI=1S/C23H19N3O3/c27-23(17-8-9-20-21(14-17)29-13-12-28-20)24-22-10-11-26(25-22)15-18-6-3-5-16-4-1-2-7-19(16)18/h1-11,14H,12-13,15H2,(H,24,25,27). The zero-order chi connectivity index (χ0) is 19.6. The maximum atomic E-state index is 12.6. The summed E-state index contributed by atoms with van der Waals surface area (Å²) in [5.41, 5.74) is 1.67. The van der Waals surface area contributed by atoms with Gasteiger partial charge in [-0.3, -0.25) is 9.48 Å². The van der Waals surface area contributed by atoms with E-state index in [4.69, 9.17) is 9.47 Å². The Labute approximate surface area is 167 Å². The lowest BCUT2D eigenvalue weighted by Crippen LogP contribution is -2.17. The molecule has 0 saturated carbocycles. The number of carbonyl (C=O) groups is 1. The van der Waals surface area contributed by atoms with E-state index in [1.54, 1.807) is 24.3 Å². The van der Waals surface area contributed by atoms with Gasteiger partial charge < -0.3 is 14.8 Å². The molecule has 0 bridgehead atoms. The third-order valence-electron chi connectivity index (χ3n) is 4.90. The zero-order valence-corrected chi connectivity index (χ0v) is 15.7. The van der Waals surface area contributed by atoms with E-state index >= 15 is 0 Å². The third-order valence-corrected chi connectivity index (χ3v) is 4.90. The number of fused-ring (bicyclic) bond motifs is 2. The Hall–Kier alpha value is -3.80. The number of amides is 1. The maximum Gasteiger partial charge on any atom is 0.257 e. The quantitative estimate of drug-likeness (QED) is 0.574. The zero-order valence-electron chi connectivity index (χ0n) is 15.7. The van der Waals surface area contributed by atoms with Crippen LogP contribution in [-0.4, -0.2) is 28.9 Å². The van der Waals surface area contributed by atoms with Crippen molar-refractivity contribution in [2.75, 3.05) is 18.5 Å². The van der Waals surface area contributed by atoms with E-state index in [0.29, 0.717) is 42.6 Å². The summed E-state index contributed by atoms with van der Waals surface area (Å²) in [6.45, 7) is 1.63. The summed E-state index contributed by atoms with van der Waals surface area (Å²) in [7, 11) is 0. The highest BCUT2D eigenvalue weighted by molar-refractivity contribution is 6.04. The number of rotatable bonds is 4. The summed E-state index contributed by atoms with van der Waals surface area (Å²) < 4.78 is 12.9. The number of benzene rings is 3. The van der Waals surface area contributed by atoms with Crippen LogP contribution in [0.2, 0.25) is 0 Å². The first-order chi connectivity index (χ1) is 14.3. The Balaban J connectivity index is 1.32. The maximum absolute atomic E-state index is 12.6. The first kappa shape index (κ1) is 17.3. The molecule has 144 valence electrons. The number of hydrogen-bond donors (Lipinski definition) is 1. The smallest absolute Gasteiger partial charge is 0.257 e. The molecule has 0 radical (unpaired) electrons. The first-order valence-corrected chi connectivity index (χ1v) is 9.47. The fraction of sp³-hybridized carbons (Fsp3) is 0.130. The van der Waals surface area contributed by atoms with Gasteiger partial charge in [0, 0.05) is 17.8 Å². The first-order valence-electron chi connectivity index (χ1n) is 9.47. The van der Waals surface area contributed by atoms with Crippen LogP contribution in [0, 0.1) is 0 Å². The second-order valence-corrected chi connectivity index (χ2v) is 6.85. The number of nitrogens with one attached hydrogen (secondary N) is 1. The summed E-state index contributed by atoms with van der Waals surface area (Å²) in [6.07, 6.45) is 1.86. The Morgan fingerprint density at radius 2 is 1.79 bits per heavy atom. The van der Waals surface area contributed by atoms with Crippen molar-refractivity contribution in [3.8, 4) is 11.5 Å². The van der Waals surface area contributed by atoms with Gasteiger partial charge in [-0.25, -0.2) is 0 Å². The van der Waals surface area contributed by atoms with E-state index in [9.17, 15) is 4.79 Å². The molecule has 0 unspecified atom stereocenters.